The summed E-state index contributed by atoms with van der Waals surface area (Å²) in [6.07, 6.45) is 0.504. The van der Waals surface area contributed by atoms with Gasteiger partial charge in [0.2, 0.25) is 5.91 Å². The number of aryl methyl sites for hydroxylation is 1. The molecule has 4 rings (SSSR count). The van der Waals surface area contributed by atoms with Crippen molar-refractivity contribution < 1.29 is 14.1 Å². The van der Waals surface area contributed by atoms with E-state index in [9.17, 15) is 14.4 Å². The van der Waals surface area contributed by atoms with Crippen molar-refractivity contribution in [3.63, 3.8) is 0 Å². The largest absolute Gasteiger partial charge is 0.366 e. The van der Waals surface area contributed by atoms with Crippen LogP contribution in [0.4, 0.5) is 5.69 Å². The molecule has 0 fully saturated rings. The Labute approximate surface area is 184 Å². The Balaban J connectivity index is 1.66. The van der Waals surface area contributed by atoms with Gasteiger partial charge in [-0.3, -0.25) is 9.59 Å². The molecule has 0 aliphatic rings. The van der Waals surface area contributed by atoms with Gasteiger partial charge in [-0.2, -0.15) is 0 Å². The number of nitrogens with zero attached hydrogens (tertiary/aromatic N) is 1. The number of Topliss-reactive ketones (excluding diaryl/α,β-unsaturated/α-hetero) is 1. The summed E-state index contributed by atoms with van der Waals surface area (Å²) in [6, 6.07) is 21.9. The summed E-state index contributed by atoms with van der Waals surface area (Å²) in [5.74, 6) is -0.670. The molecule has 1 N–H and O–H groups in total. The van der Waals surface area contributed by atoms with Crippen LogP contribution in [0.3, 0.4) is 0 Å². The molecule has 0 saturated carbocycles. The lowest BCUT2D eigenvalue weighted by molar-refractivity contribution is -0.117. The van der Waals surface area contributed by atoms with E-state index in [1.54, 1.807) is 37.3 Å². The number of fused-ring (bicyclic) bond motifs is 1. The minimum Gasteiger partial charge on any atom is -0.326 e. The molecule has 1 heterocycles. The van der Waals surface area contributed by atoms with Crippen molar-refractivity contribution >= 4 is 28.2 Å². The molecule has 0 bridgehead atoms. The fourth-order valence-electron chi connectivity index (χ4n) is 3.70. The lowest BCUT2D eigenvalue weighted by Gasteiger charge is -2.18. The van der Waals surface area contributed by atoms with Crippen LogP contribution in [0.5, 0.6) is 0 Å². The van der Waals surface area contributed by atoms with Crippen molar-refractivity contribution in [3.05, 3.63) is 106 Å². The van der Waals surface area contributed by atoms with Crippen molar-refractivity contribution in [2.45, 2.75) is 26.2 Å². The second kappa shape index (κ2) is 8.98. The van der Waals surface area contributed by atoms with Gasteiger partial charge in [-0.1, -0.05) is 59.8 Å². The molecule has 0 spiro atoms. The van der Waals surface area contributed by atoms with Crippen molar-refractivity contribution in [1.29, 1.82) is 0 Å². The molecule has 1 aromatic heterocycles. The van der Waals surface area contributed by atoms with Gasteiger partial charge in [-0.05, 0) is 49.6 Å². The van der Waals surface area contributed by atoms with Gasteiger partial charge < -0.3 is 9.84 Å². The Morgan fingerprint density at radius 1 is 0.969 bits per heavy atom. The summed E-state index contributed by atoms with van der Waals surface area (Å²) < 4.78 is 4.76. The molecule has 1 amide bonds. The number of amides is 1. The molecular formula is C26H22N2O4. The number of hydrogen-bond donors (Lipinski definition) is 1. The van der Waals surface area contributed by atoms with E-state index < -0.39 is 11.5 Å². The molecule has 0 aliphatic carbocycles. The van der Waals surface area contributed by atoms with E-state index in [2.05, 4.69) is 10.5 Å². The van der Waals surface area contributed by atoms with Crippen LogP contribution in [0, 0.1) is 6.92 Å². The van der Waals surface area contributed by atoms with Crippen LogP contribution in [0.1, 0.15) is 40.0 Å². The molecule has 3 aromatic carbocycles. The standard InChI is InChI=1S/C26H22N2O4/c1-16-23-15-21(12-13-22(23)26(31)32-28-16)27-25(30)24(14-18-6-4-3-5-7-18)20-10-8-19(9-11-20)17(2)29/h3-13,15,24H,14H2,1-2H3,(H,27,30). The Hall–Kier alpha value is -4.06. The summed E-state index contributed by atoms with van der Waals surface area (Å²) in [6.45, 7) is 3.26. The van der Waals surface area contributed by atoms with Gasteiger partial charge in [0.05, 0.1) is 17.0 Å². The van der Waals surface area contributed by atoms with Crippen LogP contribution in [0.15, 0.2) is 82.1 Å². The smallest absolute Gasteiger partial charge is 0.326 e. The number of carbonyl (C=O) groups is 2. The van der Waals surface area contributed by atoms with Gasteiger partial charge in [0.1, 0.15) is 0 Å². The van der Waals surface area contributed by atoms with Crippen LogP contribution >= 0.6 is 0 Å². The van der Waals surface area contributed by atoms with Gasteiger partial charge in [0.25, 0.3) is 0 Å². The molecule has 4 aromatic rings. The maximum Gasteiger partial charge on any atom is 0.366 e. The Kier molecular flexibility index (Phi) is 5.94. The van der Waals surface area contributed by atoms with E-state index in [1.807, 2.05) is 42.5 Å². The minimum atomic E-state index is -0.518. The molecule has 160 valence electrons. The molecule has 32 heavy (non-hydrogen) atoms. The predicted octanol–water partition coefficient (Wildman–Crippen LogP) is 4.66. The van der Waals surface area contributed by atoms with Crippen molar-refractivity contribution in [2.24, 2.45) is 0 Å². The van der Waals surface area contributed by atoms with Crippen molar-refractivity contribution in [3.8, 4) is 0 Å². The van der Waals surface area contributed by atoms with Crippen LogP contribution in [-0.4, -0.2) is 16.8 Å². The molecular weight excluding hydrogens is 404 g/mol. The topological polar surface area (TPSA) is 89.3 Å². The van der Waals surface area contributed by atoms with E-state index in [-0.39, 0.29) is 11.7 Å². The number of carbonyl (C=O) groups excluding carboxylic acids is 2. The summed E-state index contributed by atoms with van der Waals surface area (Å²) >= 11 is 0. The summed E-state index contributed by atoms with van der Waals surface area (Å²) in [5, 5.41) is 7.77. The third kappa shape index (κ3) is 4.49. The molecule has 6 heteroatoms. The quantitative estimate of drug-likeness (QED) is 0.453. The summed E-state index contributed by atoms with van der Waals surface area (Å²) in [4.78, 5) is 36.9. The first-order valence-electron chi connectivity index (χ1n) is 10.3. The molecule has 1 atom stereocenters. The minimum absolute atomic E-state index is 0.0229. The SMILES string of the molecule is CC(=O)c1ccc(C(Cc2ccccc2)C(=O)Nc2ccc3c(=O)onc(C)c3c2)cc1. The van der Waals surface area contributed by atoms with Crippen LogP contribution < -0.4 is 10.9 Å². The first-order chi connectivity index (χ1) is 15.4. The zero-order valence-electron chi connectivity index (χ0n) is 17.8. The molecule has 0 saturated heterocycles. The van der Waals surface area contributed by atoms with Gasteiger partial charge in [0, 0.05) is 16.6 Å². The van der Waals surface area contributed by atoms with Gasteiger partial charge in [0.15, 0.2) is 5.78 Å². The fraction of sp³-hybridized carbons (Fsp3) is 0.154. The number of anilines is 1. The van der Waals surface area contributed by atoms with Crippen LogP contribution in [0.25, 0.3) is 10.8 Å². The average Bonchev–Trinajstić information content (AvgIpc) is 2.80. The van der Waals surface area contributed by atoms with Gasteiger partial charge >= 0.3 is 5.63 Å². The number of rotatable bonds is 6. The Bertz CT molecular complexity index is 1340. The van der Waals surface area contributed by atoms with Gasteiger partial charge in [-0.15, -0.1) is 0 Å². The number of nitrogens with one attached hydrogen (secondary N) is 1. The summed E-state index contributed by atoms with van der Waals surface area (Å²) in [7, 11) is 0. The molecule has 6 nitrogen and oxygen atoms in total. The third-order valence-electron chi connectivity index (χ3n) is 5.48. The van der Waals surface area contributed by atoms with Crippen molar-refractivity contribution in [1.82, 2.24) is 5.16 Å². The highest BCUT2D eigenvalue weighted by molar-refractivity contribution is 5.99. The van der Waals surface area contributed by atoms with Crippen LogP contribution in [0.2, 0.25) is 0 Å². The highest BCUT2D eigenvalue weighted by atomic mass is 16.5. The zero-order valence-corrected chi connectivity index (χ0v) is 17.8. The van der Waals surface area contributed by atoms with E-state index in [4.69, 9.17) is 4.52 Å². The number of ketones is 1. The first kappa shape index (κ1) is 21.2. The predicted molar refractivity (Wildman–Crippen MR) is 123 cm³/mol. The number of hydrogen-bond acceptors (Lipinski definition) is 5. The van der Waals surface area contributed by atoms with E-state index >= 15 is 0 Å². The summed E-state index contributed by atoms with van der Waals surface area (Å²) in [5.41, 5.74) is 3.06. The van der Waals surface area contributed by atoms with Crippen molar-refractivity contribution in [2.75, 3.05) is 5.32 Å². The van der Waals surface area contributed by atoms with E-state index in [1.165, 1.54) is 6.92 Å². The third-order valence-corrected chi connectivity index (χ3v) is 5.48. The maximum absolute atomic E-state index is 13.4. The van der Waals surface area contributed by atoms with E-state index in [0.717, 1.165) is 11.1 Å². The Morgan fingerprint density at radius 3 is 2.38 bits per heavy atom. The highest BCUT2D eigenvalue weighted by Crippen LogP contribution is 2.25. The second-order valence-electron chi connectivity index (χ2n) is 7.73. The average molecular weight is 426 g/mol. The molecule has 1 unspecified atom stereocenters. The molecule has 0 aliphatic heterocycles. The molecule has 0 radical (unpaired) electrons. The first-order valence-corrected chi connectivity index (χ1v) is 10.3. The highest BCUT2D eigenvalue weighted by Gasteiger charge is 2.22. The monoisotopic (exact) mass is 426 g/mol. The second-order valence-corrected chi connectivity index (χ2v) is 7.73. The Morgan fingerprint density at radius 2 is 1.69 bits per heavy atom. The zero-order chi connectivity index (χ0) is 22.7. The fourth-order valence-corrected chi connectivity index (χ4v) is 3.70. The lowest BCUT2D eigenvalue weighted by Crippen LogP contribution is -2.23. The lowest BCUT2D eigenvalue weighted by atomic mass is 9.90. The number of aromatic nitrogens is 1. The normalized spacial score (nSPS) is 11.8. The van der Waals surface area contributed by atoms with E-state index in [0.29, 0.717) is 34.1 Å². The number of benzene rings is 3. The van der Waals surface area contributed by atoms with Gasteiger partial charge in [-0.25, -0.2) is 4.79 Å². The maximum atomic E-state index is 13.4. The van der Waals surface area contributed by atoms with Crippen LogP contribution in [-0.2, 0) is 11.2 Å².